The normalized spacial score (nSPS) is 17.5. The number of anilines is 1. The Morgan fingerprint density at radius 1 is 1.39 bits per heavy atom. The van der Waals surface area contributed by atoms with E-state index < -0.39 is 6.10 Å². The number of carbonyl (C=O) groups excluding carboxylic acids is 2. The molecular weight excluding hydrogens is 294 g/mol. The third-order valence-corrected chi connectivity index (χ3v) is 4.01. The second-order valence-corrected chi connectivity index (χ2v) is 6.77. The molecule has 2 N–H and O–H groups in total. The molecule has 1 atom stereocenters. The summed E-state index contributed by atoms with van der Waals surface area (Å²) in [6, 6.07) is 7.26. The minimum atomic E-state index is -0.594. The number of hydrogen-bond acceptors (Lipinski definition) is 4. The first-order valence-electron chi connectivity index (χ1n) is 7.76. The van der Waals surface area contributed by atoms with Crippen molar-refractivity contribution in [2.75, 3.05) is 31.6 Å². The summed E-state index contributed by atoms with van der Waals surface area (Å²) in [7, 11) is 1.74. The lowest BCUT2D eigenvalue weighted by atomic mass is 9.93. The molecule has 126 valence electrons. The van der Waals surface area contributed by atoms with E-state index in [0.29, 0.717) is 24.5 Å². The van der Waals surface area contributed by atoms with Gasteiger partial charge in [-0.3, -0.25) is 14.5 Å². The molecule has 1 aliphatic heterocycles. The van der Waals surface area contributed by atoms with Gasteiger partial charge in [-0.05, 0) is 31.0 Å². The predicted octanol–water partition coefficient (Wildman–Crippen LogP) is 1.24. The fraction of sp³-hybridized carbons (Fsp3) is 0.529. The van der Waals surface area contributed by atoms with Crippen molar-refractivity contribution in [2.45, 2.75) is 26.9 Å². The molecule has 0 spiro atoms. The molecule has 1 aliphatic rings. The fourth-order valence-electron chi connectivity index (χ4n) is 2.57. The molecule has 1 unspecified atom stereocenters. The Morgan fingerprint density at radius 3 is 2.70 bits per heavy atom. The summed E-state index contributed by atoms with van der Waals surface area (Å²) in [6.07, 6.45) is -0.594. The van der Waals surface area contributed by atoms with Crippen molar-refractivity contribution in [3.05, 3.63) is 24.3 Å². The highest BCUT2D eigenvalue weighted by Gasteiger charge is 2.33. The van der Waals surface area contributed by atoms with Crippen molar-refractivity contribution in [1.82, 2.24) is 4.90 Å². The number of ether oxygens (including phenoxy) is 1. The highest BCUT2D eigenvalue weighted by Crippen LogP contribution is 2.33. The molecule has 0 aromatic heterocycles. The highest BCUT2D eigenvalue weighted by atomic mass is 16.5. The van der Waals surface area contributed by atoms with E-state index >= 15 is 0 Å². The van der Waals surface area contributed by atoms with E-state index in [4.69, 9.17) is 10.5 Å². The number of benzene rings is 1. The van der Waals surface area contributed by atoms with Crippen LogP contribution in [0.2, 0.25) is 0 Å². The third kappa shape index (κ3) is 3.82. The lowest BCUT2D eigenvalue weighted by molar-refractivity contribution is -0.133. The Kier molecular flexibility index (Phi) is 4.94. The van der Waals surface area contributed by atoms with Crippen LogP contribution in [-0.2, 0) is 9.59 Å². The van der Waals surface area contributed by atoms with Crippen molar-refractivity contribution in [3.8, 4) is 5.75 Å². The van der Waals surface area contributed by atoms with Crippen LogP contribution in [0.1, 0.15) is 20.8 Å². The Morgan fingerprint density at radius 2 is 2.04 bits per heavy atom. The first kappa shape index (κ1) is 17.3. The second-order valence-electron chi connectivity index (χ2n) is 6.77. The highest BCUT2D eigenvalue weighted by molar-refractivity contribution is 6.03. The van der Waals surface area contributed by atoms with Gasteiger partial charge in [-0.25, -0.2) is 0 Å². The molecule has 2 rings (SSSR count). The van der Waals surface area contributed by atoms with Crippen molar-refractivity contribution in [3.63, 3.8) is 0 Å². The lowest BCUT2D eigenvalue weighted by Crippen LogP contribution is -2.50. The molecular formula is C17H25N3O3. The summed E-state index contributed by atoms with van der Waals surface area (Å²) in [6.45, 7) is 6.73. The maximum atomic E-state index is 12.5. The van der Waals surface area contributed by atoms with Crippen LogP contribution in [0.5, 0.6) is 5.75 Å². The number of nitrogens with two attached hydrogens (primary N) is 1. The van der Waals surface area contributed by atoms with Crippen LogP contribution < -0.4 is 15.4 Å². The number of amides is 2. The summed E-state index contributed by atoms with van der Waals surface area (Å²) < 4.78 is 5.58. The summed E-state index contributed by atoms with van der Waals surface area (Å²) in [5, 5.41) is 0. The third-order valence-electron chi connectivity index (χ3n) is 4.01. The van der Waals surface area contributed by atoms with Crippen molar-refractivity contribution >= 4 is 17.5 Å². The number of nitrogens with zero attached hydrogens (tertiary/aromatic N) is 2. The van der Waals surface area contributed by atoms with Crippen LogP contribution in [-0.4, -0.2) is 49.5 Å². The number of para-hydroxylation sites is 2. The van der Waals surface area contributed by atoms with E-state index in [2.05, 4.69) is 0 Å². The van der Waals surface area contributed by atoms with Gasteiger partial charge < -0.3 is 15.4 Å². The predicted molar refractivity (Wildman–Crippen MR) is 89.4 cm³/mol. The minimum Gasteiger partial charge on any atom is -0.479 e. The van der Waals surface area contributed by atoms with E-state index in [1.54, 1.807) is 31.0 Å². The van der Waals surface area contributed by atoms with E-state index in [-0.39, 0.29) is 23.8 Å². The Hall–Kier alpha value is -2.08. The number of fused-ring (bicyclic) bond motifs is 1. The first-order chi connectivity index (χ1) is 10.7. The zero-order valence-electron chi connectivity index (χ0n) is 14.2. The van der Waals surface area contributed by atoms with Gasteiger partial charge >= 0.3 is 0 Å². The standard InChI is InChI=1S/C17H25N3O3/c1-12-16(22)20(13-7-5-6-8-14(13)23-12)9-15(21)19(4)11-17(2,3)10-18/h5-8,12H,9-11,18H2,1-4H3. The van der Waals surface area contributed by atoms with Crippen molar-refractivity contribution in [2.24, 2.45) is 11.1 Å². The smallest absolute Gasteiger partial charge is 0.268 e. The molecule has 6 heteroatoms. The number of carbonyl (C=O) groups is 2. The zero-order valence-corrected chi connectivity index (χ0v) is 14.2. The Bertz CT molecular complexity index is 601. The molecule has 1 aromatic rings. The first-order valence-corrected chi connectivity index (χ1v) is 7.76. The Labute approximate surface area is 137 Å². The summed E-state index contributed by atoms with van der Waals surface area (Å²) in [4.78, 5) is 28.0. The van der Waals surface area contributed by atoms with Gasteiger partial charge in [0.2, 0.25) is 5.91 Å². The van der Waals surface area contributed by atoms with Crippen molar-refractivity contribution in [1.29, 1.82) is 0 Å². The van der Waals surface area contributed by atoms with Gasteiger partial charge in [-0.2, -0.15) is 0 Å². The van der Waals surface area contributed by atoms with Crippen LogP contribution in [0.4, 0.5) is 5.69 Å². The molecule has 23 heavy (non-hydrogen) atoms. The molecule has 1 heterocycles. The molecule has 6 nitrogen and oxygen atoms in total. The SMILES string of the molecule is CC1Oc2ccccc2N(CC(=O)N(C)CC(C)(C)CN)C1=O. The van der Waals surface area contributed by atoms with Crippen LogP contribution in [0.25, 0.3) is 0 Å². The average Bonchev–Trinajstić information content (AvgIpc) is 2.51. The van der Waals surface area contributed by atoms with Crippen LogP contribution in [0, 0.1) is 5.41 Å². The quantitative estimate of drug-likeness (QED) is 0.886. The monoisotopic (exact) mass is 319 g/mol. The van der Waals surface area contributed by atoms with Gasteiger partial charge in [-0.15, -0.1) is 0 Å². The number of rotatable bonds is 5. The summed E-state index contributed by atoms with van der Waals surface area (Å²) in [5.74, 6) is 0.296. The second kappa shape index (κ2) is 6.58. The van der Waals surface area contributed by atoms with Crippen LogP contribution >= 0.6 is 0 Å². The fourth-order valence-corrected chi connectivity index (χ4v) is 2.57. The van der Waals surface area contributed by atoms with E-state index in [9.17, 15) is 9.59 Å². The molecule has 0 radical (unpaired) electrons. The molecule has 0 saturated carbocycles. The van der Waals surface area contributed by atoms with E-state index in [1.807, 2.05) is 26.0 Å². The van der Waals surface area contributed by atoms with Gasteiger partial charge in [0.25, 0.3) is 5.91 Å². The van der Waals surface area contributed by atoms with E-state index in [0.717, 1.165) is 0 Å². The van der Waals surface area contributed by atoms with Crippen LogP contribution in [0.3, 0.4) is 0 Å². The van der Waals surface area contributed by atoms with Crippen molar-refractivity contribution < 1.29 is 14.3 Å². The Balaban J connectivity index is 2.15. The van der Waals surface area contributed by atoms with E-state index in [1.165, 1.54) is 4.90 Å². The summed E-state index contributed by atoms with van der Waals surface area (Å²) in [5.41, 5.74) is 6.20. The summed E-state index contributed by atoms with van der Waals surface area (Å²) >= 11 is 0. The maximum absolute atomic E-state index is 12.5. The van der Waals surface area contributed by atoms with Gasteiger partial charge in [0.05, 0.1) is 5.69 Å². The van der Waals surface area contributed by atoms with Crippen LogP contribution in [0.15, 0.2) is 24.3 Å². The van der Waals surface area contributed by atoms with Gasteiger partial charge in [-0.1, -0.05) is 26.0 Å². The average molecular weight is 319 g/mol. The van der Waals surface area contributed by atoms with Gasteiger partial charge in [0.15, 0.2) is 6.10 Å². The molecule has 0 fully saturated rings. The number of hydrogen-bond donors (Lipinski definition) is 1. The molecule has 1 aromatic carbocycles. The lowest BCUT2D eigenvalue weighted by Gasteiger charge is -2.34. The minimum absolute atomic E-state index is 0.000693. The molecule has 0 aliphatic carbocycles. The number of likely N-dealkylation sites (N-methyl/N-ethyl adjacent to an activating group) is 1. The molecule has 0 saturated heterocycles. The largest absolute Gasteiger partial charge is 0.479 e. The zero-order chi connectivity index (χ0) is 17.2. The van der Waals surface area contributed by atoms with Gasteiger partial charge in [0.1, 0.15) is 12.3 Å². The van der Waals surface area contributed by atoms with Gasteiger partial charge in [0, 0.05) is 13.6 Å². The molecule has 2 amide bonds. The topological polar surface area (TPSA) is 75.9 Å². The molecule has 0 bridgehead atoms. The maximum Gasteiger partial charge on any atom is 0.268 e.